The number of carbonyl (C=O) groups is 2. The lowest BCUT2D eigenvalue weighted by Gasteiger charge is -2.37. The summed E-state index contributed by atoms with van der Waals surface area (Å²) in [5.74, 6) is -0.595. The maximum Gasteiger partial charge on any atom is 0.253 e. The monoisotopic (exact) mass is 309 g/mol. The standard InChI is InChI=1S/C15H23N3O2S/c1-4-9(19)12-11(16)10(13(17)20)14(21-12)18-7-5-15(2,3)6-8-18/h4-8,16H2,1-3H3,(H2,17,20). The number of ketones is 1. The quantitative estimate of drug-likeness (QED) is 0.837. The van der Waals surface area contributed by atoms with Gasteiger partial charge in [0.1, 0.15) is 5.00 Å². The van der Waals surface area contributed by atoms with Crippen LogP contribution in [0.3, 0.4) is 0 Å². The number of hydrogen-bond donors (Lipinski definition) is 2. The molecule has 21 heavy (non-hydrogen) atoms. The molecule has 0 atom stereocenters. The van der Waals surface area contributed by atoms with Crippen LogP contribution in [0.4, 0.5) is 10.7 Å². The minimum absolute atomic E-state index is 0.0383. The van der Waals surface area contributed by atoms with Crippen molar-refractivity contribution in [3.05, 3.63) is 10.4 Å². The summed E-state index contributed by atoms with van der Waals surface area (Å²) in [5, 5.41) is 0.757. The van der Waals surface area contributed by atoms with Crippen LogP contribution in [0.2, 0.25) is 0 Å². The van der Waals surface area contributed by atoms with E-state index in [0.29, 0.717) is 22.3 Å². The Morgan fingerprint density at radius 1 is 1.29 bits per heavy atom. The summed E-state index contributed by atoms with van der Waals surface area (Å²) >= 11 is 1.30. The van der Waals surface area contributed by atoms with Crippen molar-refractivity contribution in [2.24, 2.45) is 11.1 Å². The predicted octanol–water partition coefficient (Wildman–Crippen LogP) is 2.65. The van der Waals surface area contributed by atoms with E-state index in [1.807, 2.05) is 0 Å². The molecule has 6 heteroatoms. The Bertz CT molecular complexity index is 568. The molecule has 2 heterocycles. The lowest BCUT2D eigenvalue weighted by atomic mass is 9.83. The van der Waals surface area contributed by atoms with Gasteiger partial charge in [0.05, 0.1) is 16.1 Å². The zero-order valence-electron chi connectivity index (χ0n) is 12.9. The van der Waals surface area contributed by atoms with E-state index in [0.717, 1.165) is 30.9 Å². The van der Waals surface area contributed by atoms with E-state index in [1.54, 1.807) is 6.92 Å². The van der Waals surface area contributed by atoms with Crippen LogP contribution in [0.5, 0.6) is 0 Å². The maximum atomic E-state index is 12.0. The Labute approximate surface area is 129 Å². The molecule has 5 nitrogen and oxygen atoms in total. The highest BCUT2D eigenvalue weighted by molar-refractivity contribution is 7.19. The Morgan fingerprint density at radius 3 is 2.33 bits per heavy atom. The number of hydrogen-bond acceptors (Lipinski definition) is 5. The molecule has 1 aliphatic heterocycles. The number of amides is 1. The van der Waals surface area contributed by atoms with Crippen LogP contribution in [-0.2, 0) is 0 Å². The first-order valence-corrected chi connectivity index (χ1v) is 8.08. The molecular weight excluding hydrogens is 286 g/mol. The molecule has 1 aromatic rings. The second-order valence-electron chi connectivity index (χ2n) is 6.32. The second kappa shape index (κ2) is 5.67. The summed E-state index contributed by atoms with van der Waals surface area (Å²) in [4.78, 5) is 26.3. The largest absolute Gasteiger partial charge is 0.397 e. The highest BCUT2D eigenvalue weighted by Crippen LogP contribution is 2.41. The lowest BCUT2D eigenvalue weighted by molar-refractivity contribution is 0.0991. The number of rotatable bonds is 4. The van der Waals surface area contributed by atoms with Gasteiger partial charge in [0.15, 0.2) is 5.78 Å². The average Bonchev–Trinajstić information content (AvgIpc) is 2.75. The Kier molecular flexibility index (Phi) is 4.27. The van der Waals surface area contributed by atoms with Crippen molar-refractivity contribution in [2.45, 2.75) is 40.0 Å². The number of primary amides is 1. The number of carbonyl (C=O) groups excluding carboxylic acids is 2. The van der Waals surface area contributed by atoms with Crippen LogP contribution in [0.1, 0.15) is 60.1 Å². The molecule has 0 aromatic carbocycles. The molecule has 0 spiro atoms. The van der Waals surface area contributed by atoms with Crippen LogP contribution >= 0.6 is 11.3 Å². The van der Waals surface area contributed by atoms with Gasteiger partial charge in [-0.1, -0.05) is 20.8 Å². The zero-order valence-corrected chi connectivity index (χ0v) is 13.7. The summed E-state index contributed by atoms with van der Waals surface area (Å²) in [6, 6.07) is 0. The van der Waals surface area contributed by atoms with Gasteiger partial charge < -0.3 is 16.4 Å². The summed E-state index contributed by atoms with van der Waals surface area (Å²) < 4.78 is 0. The highest BCUT2D eigenvalue weighted by atomic mass is 32.1. The molecule has 0 bridgehead atoms. The molecule has 1 aromatic heterocycles. The SMILES string of the molecule is CCC(=O)c1sc(N2CCC(C)(C)CC2)c(C(N)=O)c1N. The minimum Gasteiger partial charge on any atom is -0.397 e. The first kappa shape index (κ1) is 15.8. The van der Waals surface area contributed by atoms with Gasteiger partial charge in [0, 0.05) is 19.5 Å². The van der Waals surface area contributed by atoms with Gasteiger partial charge in [-0.25, -0.2) is 0 Å². The average molecular weight is 309 g/mol. The normalized spacial score (nSPS) is 17.8. The van der Waals surface area contributed by atoms with E-state index in [1.165, 1.54) is 11.3 Å². The number of nitrogens with two attached hydrogens (primary N) is 2. The molecule has 1 amide bonds. The van der Waals surface area contributed by atoms with E-state index in [9.17, 15) is 9.59 Å². The van der Waals surface area contributed by atoms with E-state index >= 15 is 0 Å². The molecule has 116 valence electrons. The molecule has 0 saturated carbocycles. The molecule has 1 aliphatic rings. The molecule has 1 saturated heterocycles. The summed E-state index contributed by atoms with van der Waals surface area (Å²) in [5.41, 5.74) is 12.4. The number of Topliss-reactive ketones (excluding diaryl/α,β-unsaturated/α-hetero) is 1. The molecule has 0 unspecified atom stereocenters. The van der Waals surface area contributed by atoms with Gasteiger partial charge in [-0.3, -0.25) is 9.59 Å². The van der Waals surface area contributed by atoms with Gasteiger partial charge in [0.25, 0.3) is 5.91 Å². The minimum atomic E-state index is -0.557. The number of nitrogen functional groups attached to an aromatic ring is 1. The van der Waals surface area contributed by atoms with Crippen molar-refractivity contribution in [1.82, 2.24) is 0 Å². The molecule has 0 radical (unpaired) electrons. The number of thiophene rings is 1. The van der Waals surface area contributed by atoms with Gasteiger partial charge in [0.2, 0.25) is 0 Å². The van der Waals surface area contributed by atoms with Crippen LogP contribution in [0, 0.1) is 5.41 Å². The lowest BCUT2D eigenvalue weighted by Crippen LogP contribution is -2.37. The van der Waals surface area contributed by atoms with Gasteiger partial charge >= 0.3 is 0 Å². The molecule has 4 N–H and O–H groups in total. The third-order valence-electron chi connectivity index (χ3n) is 4.15. The van der Waals surface area contributed by atoms with Crippen molar-refractivity contribution in [2.75, 3.05) is 23.7 Å². The second-order valence-corrected chi connectivity index (χ2v) is 7.32. The van der Waals surface area contributed by atoms with E-state index in [2.05, 4.69) is 18.7 Å². The number of piperidine rings is 1. The molecular formula is C15H23N3O2S. The number of nitrogens with zero attached hydrogens (tertiary/aromatic N) is 1. The first-order chi connectivity index (χ1) is 9.76. The smallest absolute Gasteiger partial charge is 0.253 e. The number of anilines is 2. The third kappa shape index (κ3) is 3.05. The third-order valence-corrected chi connectivity index (χ3v) is 5.46. The van der Waals surface area contributed by atoms with Crippen molar-refractivity contribution in [1.29, 1.82) is 0 Å². The Hall–Kier alpha value is -1.56. The van der Waals surface area contributed by atoms with Crippen LogP contribution in [-0.4, -0.2) is 24.8 Å². The van der Waals surface area contributed by atoms with Crippen molar-refractivity contribution < 1.29 is 9.59 Å². The maximum absolute atomic E-state index is 12.0. The highest BCUT2D eigenvalue weighted by Gasteiger charge is 2.31. The Balaban J connectivity index is 2.39. The predicted molar refractivity (Wildman–Crippen MR) is 87.1 cm³/mol. The summed E-state index contributed by atoms with van der Waals surface area (Å²) in [6.07, 6.45) is 2.45. The fourth-order valence-electron chi connectivity index (χ4n) is 2.58. The van der Waals surface area contributed by atoms with Crippen LogP contribution in [0.25, 0.3) is 0 Å². The first-order valence-electron chi connectivity index (χ1n) is 7.27. The topological polar surface area (TPSA) is 89.4 Å². The van der Waals surface area contributed by atoms with Crippen molar-refractivity contribution in [3.63, 3.8) is 0 Å². The van der Waals surface area contributed by atoms with E-state index in [-0.39, 0.29) is 11.5 Å². The Morgan fingerprint density at radius 2 is 1.86 bits per heavy atom. The van der Waals surface area contributed by atoms with E-state index in [4.69, 9.17) is 11.5 Å². The fraction of sp³-hybridized carbons (Fsp3) is 0.600. The van der Waals surface area contributed by atoms with Gasteiger partial charge in [-0.05, 0) is 18.3 Å². The summed E-state index contributed by atoms with van der Waals surface area (Å²) in [6.45, 7) is 7.98. The van der Waals surface area contributed by atoms with Crippen molar-refractivity contribution in [3.8, 4) is 0 Å². The van der Waals surface area contributed by atoms with Crippen LogP contribution < -0.4 is 16.4 Å². The van der Waals surface area contributed by atoms with E-state index < -0.39 is 5.91 Å². The van der Waals surface area contributed by atoms with Gasteiger partial charge in [-0.2, -0.15) is 0 Å². The van der Waals surface area contributed by atoms with Crippen molar-refractivity contribution >= 4 is 33.7 Å². The van der Waals surface area contributed by atoms with Gasteiger partial charge in [-0.15, -0.1) is 11.3 Å². The molecule has 2 rings (SSSR count). The fourth-order valence-corrected chi connectivity index (χ4v) is 3.86. The van der Waals surface area contributed by atoms with Crippen LogP contribution in [0.15, 0.2) is 0 Å². The summed E-state index contributed by atoms with van der Waals surface area (Å²) in [7, 11) is 0. The molecule has 1 fully saturated rings. The zero-order chi connectivity index (χ0) is 15.8. The molecule has 0 aliphatic carbocycles.